The zero-order chi connectivity index (χ0) is 65.5. The smallest absolute Gasteiger partial charge is 0.315 e. The third-order valence-corrected chi connectivity index (χ3v) is 18.7. The molecule has 90 heavy (non-hydrogen) atoms. The molecule has 22 nitrogen and oxygen atoms in total. The lowest BCUT2D eigenvalue weighted by molar-refractivity contribution is -0.149. The molecule has 0 saturated carbocycles. The summed E-state index contributed by atoms with van der Waals surface area (Å²) in [6.45, 7) is 7.61. The van der Waals surface area contributed by atoms with Crippen LogP contribution < -0.4 is 38.9 Å². The van der Waals surface area contributed by atoms with Gasteiger partial charge in [-0.3, -0.25) is 38.4 Å². The second-order valence-corrected chi connectivity index (χ2v) is 25.4. The van der Waals surface area contributed by atoms with Crippen LogP contribution in [0.3, 0.4) is 0 Å². The van der Waals surface area contributed by atoms with E-state index >= 15 is 0 Å². The Morgan fingerprint density at radius 1 is 0.489 bits per heavy atom. The minimum atomic E-state index is -0.613. The van der Waals surface area contributed by atoms with Crippen LogP contribution in [0.1, 0.15) is 185 Å². The Morgan fingerprint density at radius 2 is 0.911 bits per heavy atom. The SMILES string of the molecule is CCN(C(=O)CN(CCCCN)C(=O)CN(C(=O)CN(CCCCN)C(=O)CN(CCCCN)C(=O)CN(CCCCN)C(=O)CCCCCCC(=O)CCCCCNC(=O)CCCCC1SC[C@@H]2NC(=O)N[C@H]12)[C@@H](C)c1ccccc1)[C@@H](C)c1ccccc1. The Morgan fingerprint density at radius 3 is 1.40 bits per heavy atom. The zero-order valence-corrected chi connectivity index (χ0v) is 55.4. The van der Waals surface area contributed by atoms with Gasteiger partial charge in [0.1, 0.15) is 12.3 Å². The van der Waals surface area contributed by atoms with E-state index in [1.165, 1.54) is 19.6 Å². The number of hydrogen-bond donors (Lipinski definition) is 7. The lowest BCUT2D eigenvalue weighted by atomic mass is 10.0. The third-order valence-electron chi connectivity index (χ3n) is 17.2. The predicted molar refractivity (Wildman–Crippen MR) is 356 cm³/mol. The maximum Gasteiger partial charge on any atom is 0.315 e. The standard InChI is InChI=1S/C67H111N13O9S/c1-4-79(52(2)54-28-10-7-11-29-54)64(87)48-78(45-27-22-40-71)63(86)50-80(53(3)55-30-12-8-13-31-55)65(88)49-77(44-26-21-39-70)62(85)47-76(43-25-20-38-69)61(84)46-75(42-24-19-37-68)60(83)36-16-6-5-14-32-56(81)33-15-9-23-41-72-59(82)35-18-17-34-58-66-57(51-90-58)73-67(89)74-66/h7-8,10-13,28-31,52-53,57-58,66H,4-6,9,14-27,32-51,68-71H2,1-3H3,(H,72,82)(H2,73,74,89)/t52-,53-,57-,58?,66-/m0/s1. The summed E-state index contributed by atoms with van der Waals surface area (Å²) in [5, 5.41) is 9.38. The molecular weight excluding hydrogens is 1160 g/mol. The number of nitrogens with one attached hydrogen (secondary N) is 3. The number of hydrogen-bond acceptors (Lipinski definition) is 14. The summed E-state index contributed by atoms with van der Waals surface area (Å²) in [6.07, 6.45) is 14.2. The number of carbonyl (C=O) groups is 9. The number of benzene rings is 2. The Balaban J connectivity index is 1.32. The number of likely N-dealkylation sites (N-methyl/N-ethyl adjacent to an activating group) is 1. The molecule has 9 amide bonds. The molecule has 23 heteroatoms. The van der Waals surface area contributed by atoms with Crippen molar-refractivity contribution in [2.45, 2.75) is 191 Å². The second-order valence-electron chi connectivity index (χ2n) is 24.1. The first-order chi connectivity index (χ1) is 43.5. The number of nitrogens with zero attached hydrogens (tertiary/aromatic N) is 6. The number of Topliss-reactive ketones (excluding diaryl/α,β-unsaturated/α-hetero) is 1. The third kappa shape index (κ3) is 28.2. The monoisotopic (exact) mass is 1270 g/mol. The van der Waals surface area contributed by atoms with Gasteiger partial charge in [-0.15, -0.1) is 0 Å². The Kier molecular flexibility index (Phi) is 37.6. The van der Waals surface area contributed by atoms with E-state index in [1.54, 1.807) is 9.80 Å². The molecule has 1 unspecified atom stereocenters. The van der Waals surface area contributed by atoms with Crippen LogP contribution >= 0.6 is 11.8 Å². The van der Waals surface area contributed by atoms with Crippen molar-refractivity contribution in [3.8, 4) is 0 Å². The van der Waals surface area contributed by atoms with Crippen molar-refractivity contribution in [2.75, 3.05) is 104 Å². The van der Waals surface area contributed by atoms with Gasteiger partial charge in [-0.05, 0) is 148 Å². The van der Waals surface area contributed by atoms with Crippen molar-refractivity contribution in [2.24, 2.45) is 22.9 Å². The first-order valence-corrected chi connectivity index (χ1v) is 34.7. The largest absolute Gasteiger partial charge is 0.356 e. The molecule has 2 aromatic rings. The lowest BCUT2D eigenvalue weighted by Gasteiger charge is -2.35. The molecule has 504 valence electrons. The predicted octanol–water partition coefficient (Wildman–Crippen LogP) is 5.77. The second kappa shape index (κ2) is 44.4. The number of thioether (sulfide) groups is 1. The van der Waals surface area contributed by atoms with E-state index < -0.39 is 36.2 Å². The molecule has 0 aliphatic carbocycles. The average Bonchev–Trinajstić information content (AvgIpc) is 2.35. The summed E-state index contributed by atoms with van der Waals surface area (Å²) < 4.78 is 0. The highest BCUT2D eigenvalue weighted by molar-refractivity contribution is 8.00. The summed E-state index contributed by atoms with van der Waals surface area (Å²) in [5.74, 6) is -1.03. The Labute approximate surface area is 541 Å². The molecule has 4 rings (SSSR count). The Hall–Kier alpha value is -6.14. The van der Waals surface area contributed by atoms with Crippen molar-refractivity contribution >= 4 is 64.9 Å². The van der Waals surface area contributed by atoms with E-state index in [0.29, 0.717) is 128 Å². The van der Waals surface area contributed by atoms with Crippen molar-refractivity contribution < 1.29 is 43.2 Å². The van der Waals surface area contributed by atoms with Gasteiger partial charge in [0, 0.05) is 76.0 Å². The molecular formula is C67H111N13O9S. The van der Waals surface area contributed by atoms with Gasteiger partial charge in [0.2, 0.25) is 41.4 Å². The van der Waals surface area contributed by atoms with Gasteiger partial charge in [-0.25, -0.2) is 4.79 Å². The van der Waals surface area contributed by atoms with E-state index in [1.807, 2.05) is 93.2 Å². The molecule has 0 spiro atoms. The summed E-state index contributed by atoms with van der Waals surface area (Å²) in [5.41, 5.74) is 25.3. The highest BCUT2D eigenvalue weighted by atomic mass is 32.2. The molecule has 0 bridgehead atoms. The van der Waals surface area contributed by atoms with Crippen LogP contribution in [0.2, 0.25) is 0 Å². The lowest BCUT2D eigenvalue weighted by Crippen LogP contribution is -2.52. The van der Waals surface area contributed by atoms with Crippen LogP contribution in [0.25, 0.3) is 0 Å². The number of rotatable bonds is 49. The minimum Gasteiger partial charge on any atom is -0.356 e. The van der Waals surface area contributed by atoms with Gasteiger partial charge in [-0.1, -0.05) is 86.3 Å². The molecule has 2 aliphatic heterocycles. The topological polar surface area (TPSA) is 313 Å². The van der Waals surface area contributed by atoms with Crippen LogP contribution in [0.4, 0.5) is 4.79 Å². The van der Waals surface area contributed by atoms with E-state index in [0.717, 1.165) is 74.7 Å². The van der Waals surface area contributed by atoms with Crippen LogP contribution in [0.5, 0.6) is 0 Å². The van der Waals surface area contributed by atoms with Gasteiger partial charge >= 0.3 is 6.03 Å². The maximum absolute atomic E-state index is 14.9. The molecule has 0 aromatic heterocycles. The normalized spacial score (nSPS) is 15.6. The van der Waals surface area contributed by atoms with Gasteiger partial charge < -0.3 is 68.3 Å². The van der Waals surface area contributed by atoms with Gasteiger partial charge in [0.25, 0.3) is 0 Å². The van der Waals surface area contributed by atoms with Crippen molar-refractivity contribution in [1.29, 1.82) is 0 Å². The van der Waals surface area contributed by atoms with Gasteiger partial charge in [0.05, 0.1) is 50.3 Å². The molecule has 11 N–H and O–H groups in total. The van der Waals surface area contributed by atoms with E-state index in [9.17, 15) is 43.2 Å². The van der Waals surface area contributed by atoms with Crippen LogP contribution in [0.15, 0.2) is 60.7 Å². The van der Waals surface area contributed by atoms with E-state index in [-0.39, 0.29) is 99.9 Å². The fraction of sp³-hybridized carbons (Fsp3) is 0.687. The number of carbonyl (C=O) groups excluding carboxylic acids is 9. The van der Waals surface area contributed by atoms with Crippen molar-refractivity contribution in [3.05, 3.63) is 71.8 Å². The van der Waals surface area contributed by atoms with Crippen molar-refractivity contribution in [3.63, 3.8) is 0 Å². The number of amides is 9. The summed E-state index contributed by atoms with van der Waals surface area (Å²) in [4.78, 5) is 133. The summed E-state index contributed by atoms with van der Waals surface area (Å²) in [6, 6.07) is 18.4. The van der Waals surface area contributed by atoms with Crippen LogP contribution in [-0.4, -0.2) is 204 Å². The van der Waals surface area contributed by atoms with Gasteiger partial charge in [-0.2, -0.15) is 11.8 Å². The fourth-order valence-corrected chi connectivity index (χ4v) is 13.2. The number of unbranched alkanes of at least 4 members (excludes halogenated alkanes) is 10. The first-order valence-electron chi connectivity index (χ1n) is 33.6. The molecule has 2 aromatic carbocycles. The maximum atomic E-state index is 14.9. The zero-order valence-electron chi connectivity index (χ0n) is 54.6. The highest BCUT2D eigenvalue weighted by Gasteiger charge is 2.42. The van der Waals surface area contributed by atoms with Crippen LogP contribution in [0, 0.1) is 0 Å². The van der Waals surface area contributed by atoms with E-state index in [2.05, 4.69) is 16.0 Å². The van der Waals surface area contributed by atoms with Gasteiger partial charge in [0.15, 0.2) is 0 Å². The molecule has 5 atom stereocenters. The highest BCUT2D eigenvalue weighted by Crippen LogP contribution is 2.33. The first kappa shape index (κ1) is 76.3. The number of urea groups is 1. The van der Waals surface area contributed by atoms with Crippen LogP contribution in [-0.2, 0) is 38.4 Å². The molecule has 2 heterocycles. The quantitative estimate of drug-likeness (QED) is 0.0306. The average molecular weight is 1270 g/mol. The number of nitrogens with two attached hydrogens (primary N) is 4. The molecule has 2 fully saturated rings. The number of fused-ring (bicyclic) bond motifs is 1. The Bertz CT molecular complexity index is 2470. The van der Waals surface area contributed by atoms with E-state index in [4.69, 9.17) is 22.9 Å². The molecule has 2 aliphatic rings. The summed E-state index contributed by atoms with van der Waals surface area (Å²) in [7, 11) is 0. The number of ketones is 1. The molecule has 0 radical (unpaired) electrons. The fourth-order valence-electron chi connectivity index (χ4n) is 11.6. The summed E-state index contributed by atoms with van der Waals surface area (Å²) >= 11 is 1.88. The van der Waals surface area contributed by atoms with Crippen molar-refractivity contribution in [1.82, 2.24) is 45.3 Å². The minimum absolute atomic E-state index is 0.0491. The molecule has 2 saturated heterocycles.